The molecule has 0 radical (unpaired) electrons. The zero-order valence-corrected chi connectivity index (χ0v) is 17.4. The molecule has 1 fully saturated rings. The first-order chi connectivity index (χ1) is 13.6. The summed E-state index contributed by atoms with van der Waals surface area (Å²) in [7, 11) is 0. The van der Waals surface area contributed by atoms with Crippen LogP contribution in [0.5, 0.6) is 0 Å². The van der Waals surface area contributed by atoms with E-state index in [-0.39, 0.29) is 30.2 Å². The molecule has 2 aromatic rings. The number of halogens is 2. The van der Waals surface area contributed by atoms with E-state index in [4.69, 9.17) is 15.0 Å². The van der Waals surface area contributed by atoms with E-state index in [0.717, 1.165) is 19.3 Å². The number of hydrogen-bond donors (Lipinski definition) is 1. The van der Waals surface area contributed by atoms with Crippen LogP contribution in [0.2, 0.25) is 0 Å². The van der Waals surface area contributed by atoms with E-state index in [9.17, 15) is 9.18 Å². The van der Waals surface area contributed by atoms with Crippen molar-refractivity contribution in [1.82, 2.24) is 15.0 Å². The number of aromatic nitrogens is 2. The fourth-order valence-corrected chi connectivity index (χ4v) is 3.18. The number of carbonyl (C=O) groups is 1. The summed E-state index contributed by atoms with van der Waals surface area (Å²) in [5.41, 5.74) is 6.59. The van der Waals surface area contributed by atoms with Crippen molar-refractivity contribution in [3.05, 3.63) is 35.5 Å². The van der Waals surface area contributed by atoms with Gasteiger partial charge in [-0.05, 0) is 44.4 Å². The van der Waals surface area contributed by atoms with Gasteiger partial charge in [0.2, 0.25) is 17.6 Å². The predicted octanol–water partition coefficient (Wildman–Crippen LogP) is 2.89. The summed E-state index contributed by atoms with van der Waals surface area (Å²) in [6, 6.07) is 4.81. The normalized spacial score (nSPS) is 14.7. The van der Waals surface area contributed by atoms with Crippen LogP contribution < -0.4 is 5.73 Å². The number of hydrogen-bond acceptors (Lipinski definition) is 6. The topological polar surface area (TPSA) is 94.5 Å². The number of likely N-dealkylation sites (tertiary alicyclic amines) is 1. The lowest BCUT2D eigenvalue weighted by molar-refractivity contribution is -0.133. The van der Waals surface area contributed by atoms with Gasteiger partial charge in [0.25, 0.3) is 0 Å². The van der Waals surface area contributed by atoms with Gasteiger partial charge in [0, 0.05) is 38.1 Å². The lowest BCUT2D eigenvalue weighted by atomic mass is 10.1. The van der Waals surface area contributed by atoms with E-state index >= 15 is 0 Å². The summed E-state index contributed by atoms with van der Waals surface area (Å²) < 4.78 is 24.7. The molecule has 7 nitrogen and oxygen atoms in total. The summed E-state index contributed by atoms with van der Waals surface area (Å²) in [5.74, 6) is 0.470. The van der Waals surface area contributed by atoms with Crippen LogP contribution in [0.15, 0.2) is 22.7 Å². The van der Waals surface area contributed by atoms with Crippen molar-refractivity contribution in [1.29, 1.82) is 0 Å². The number of rotatable bonds is 8. The fourth-order valence-electron chi connectivity index (χ4n) is 3.18. The van der Waals surface area contributed by atoms with Crippen molar-refractivity contribution >= 4 is 18.3 Å². The Bertz CT molecular complexity index is 794. The molecule has 9 heteroatoms. The van der Waals surface area contributed by atoms with Gasteiger partial charge in [-0.2, -0.15) is 4.98 Å². The van der Waals surface area contributed by atoms with E-state index in [2.05, 4.69) is 10.1 Å². The Morgan fingerprint density at radius 2 is 2.14 bits per heavy atom. The van der Waals surface area contributed by atoms with Crippen LogP contribution >= 0.6 is 12.4 Å². The standard InChI is InChI=1S/C20H27FN4O3.ClH/c1-14-3-4-15(13-17(14)21)20-23-18(28-24-20)5-6-19(26)25-10-7-16(8-11-25)27-12-2-9-22;/h3-4,13,16H,2,5-12,22H2,1H3;1H. The van der Waals surface area contributed by atoms with Crippen molar-refractivity contribution < 1.29 is 18.4 Å². The quantitative estimate of drug-likeness (QED) is 0.652. The van der Waals surface area contributed by atoms with Gasteiger partial charge >= 0.3 is 0 Å². The molecule has 3 rings (SSSR count). The van der Waals surface area contributed by atoms with Crippen molar-refractivity contribution in [3.63, 3.8) is 0 Å². The van der Waals surface area contributed by atoms with Crippen LogP contribution in [0.1, 0.15) is 37.1 Å². The van der Waals surface area contributed by atoms with Crippen LogP contribution in [0, 0.1) is 12.7 Å². The average Bonchev–Trinajstić information content (AvgIpc) is 3.18. The van der Waals surface area contributed by atoms with Crippen LogP contribution in [0.3, 0.4) is 0 Å². The highest BCUT2D eigenvalue weighted by Gasteiger charge is 2.23. The summed E-state index contributed by atoms with van der Waals surface area (Å²) >= 11 is 0. The van der Waals surface area contributed by atoms with Gasteiger partial charge in [0.15, 0.2) is 0 Å². The summed E-state index contributed by atoms with van der Waals surface area (Å²) in [5, 5.41) is 3.89. The molecule has 2 N–H and O–H groups in total. The van der Waals surface area contributed by atoms with Crippen molar-refractivity contribution in [2.75, 3.05) is 26.2 Å². The summed E-state index contributed by atoms with van der Waals surface area (Å²) in [6.07, 6.45) is 3.44. The molecule has 0 atom stereocenters. The summed E-state index contributed by atoms with van der Waals surface area (Å²) in [4.78, 5) is 18.6. The molecule has 2 heterocycles. The number of nitrogens with zero attached hydrogens (tertiary/aromatic N) is 3. The molecule has 1 amide bonds. The fraction of sp³-hybridized carbons (Fsp3) is 0.550. The maximum absolute atomic E-state index is 13.7. The minimum atomic E-state index is -0.311. The largest absolute Gasteiger partial charge is 0.378 e. The first kappa shape index (κ1) is 23.3. The molecule has 1 saturated heterocycles. The first-order valence-electron chi connectivity index (χ1n) is 9.75. The number of aryl methyl sites for hydroxylation is 2. The third kappa shape index (κ3) is 6.48. The van der Waals surface area contributed by atoms with Gasteiger partial charge in [-0.25, -0.2) is 4.39 Å². The molecule has 0 aliphatic carbocycles. The number of carbonyl (C=O) groups excluding carboxylic acids is 1. The van der Waals surface area contributed by atoms with Gasteiger partial charge < -0.3 is 19.9 Å². The molecular weight excluding hydrogens is 399 g/mol. The number of amides is 1. The number of ether oxygens (including phenoxy) is 1. The van der Waals surface area contributed by atoms with E-state index in [1.807, 2.05) is 4.90 Å². The van der Waals surface area contributed by atoms with Gasteiger partial charge in [-0.3, -0.25) is 4.79 Å². The maximum atomic E-state index is 13.7. The van der Waals surface area contributed by atoms with Crippen LogP contribution in [0.4, 0.5) is 4.39 Å². The molecule has 1 aliphatic heterocycles. The smallest absolute Gasteiger partial charge is 0.227 e. The number of piperidine rings is 1. The Kier molecular flexibility index (Phi) is 9.00. The predicted molar refractivity (Wildman–Crippen MR) is 109 cm³/mol. The molecule has 160 valence electrons. The van der Waals surface area contributed by atoms with E-state index in [1.165, 1.54) is 6.07 Å². The lowest BCUT2D eigenvalue weighted by Gasteiger charge is -2.32. The number of benzene rings is 1. The number of nitrogens with two attached hydrogens (primary N) is 1. The molecule has 0 saturated carbocycles. The third-order valence-corrected chi connectivity index (χ3v) is 4.95. The Labute approximate surface area is 176 Å². The molecule has 1 aliphatic rings. The summed E-state index contributed by atoms with van der Waals surface area (Å²) in [6.45, 7) is 4.40. The zero-order valence-electron chi connectivity index (χ0n) is 16.6. The molecule has 1 aromatic heterocycles. The molecule has 0 bridgehead atoms. The van der Waals surface area contributed by atoms with Gasteiger partial charge in [-0.1, -0.05) is 17.3 Å². The Morgan fingerprint density at radius 1 is 1.38 bits per heavy atom. The van der Waals surface area contributed by atoms with Crippen LogP contribution in [-0.4, -0.2) is 53.3 Å². The minimum absolute atomic E-state index is 0. The molecule has 29 heavy (non-hydrogen) atoms. The van der Waals surface area contributed by atoms with Gasteiger partial charge in [-0.15, -0.1) is 12.4 Å². The highest BCUT2D eigenvalue weighted by Crippen LogP contribution is 2.20. The van der Waals surface area contributed by atoms with E-state index in [0.29, 0.717) is 61.9 Å². The first-order valence-corrected chi connectivity index (χ1v) is 9.75. The Hall–Kier alpha value is -2.03. The Morgan fingerprint density at radius 3 is 2.83 bits per heavy atom. The maximum Gasteiger partial charge on any atom is 0.227 e. The molecule has 0 unspecified atom stereocenters. The van der Waals surface area contributed by atoms with Crippen molar-refractivity contribution in [3.8, 4) is 11.4 Å². The highest BCUT2D eigenvalue weighted by molar-refractivity contribution is 5.85. The SMILES string of the molecule is Cc1ccc(-c2noc(CCC(=O)N3CCC(OCCCN)CC3)n2)cc1F.Cl. The second-order valence-corrected chi connectivity index (χ2v) is 7.07. The average molecular weight is 427 g/mol. The zero-order chi connectivity index (χ0) is 19.9. The molecular formula is C20H28ClFN4O3. The second kappa shape index (κ2) is 11.2. The van der Waals surface area contributed by atoms with Crippen LogP contribution in [-0.2, 0) is 16.0 Å². The van der Waals surface area contributed by atoms with Gasteiger partial charge in [0.1, 0.15) is 5.82 Å². The molecule has 1 aromatic carbocycles. The third-order valence-electron chi connectivity index (χ3n) is 4.95. The van der Waals surface area contributed by atoms with Gasteiger partial charge in [0.05, 0.1) is 6.10 Å². The monoisotopic (exact) mass is 426 g/mol. The Balaban J connectivity index is 0.00000300. The van der Waals surface area contributed by atoms with E-state index < -0.39 is 0 Å². The molecule has 0 spiro atoms. The minimum Gasteiger partial charge on any atom is -0.378 e. The second-order valence-electron chi connectivity index (χ2n) is 7.07. The highest BCUT2D eigenvalue weighted by atomic mass is 35.5. The van der Waals surface area contributed by atoms with Crippen molar-refractivity contribution in [2.45, 2.75) is 45.1 Å². The lowest BCUT2D eigenvalue weighted by Crippen LogP contribution is -2.41. The van der Waals surface area contributed by atoms with Crippen molar-refractivity contribution in [2.24, 2.45) is 5.73 Å². The van der Waals surface area contributed by atoms with Crippen LogP contribution in [0.25, 0.3) is 11.4 Å². The van der Waals surface area contributed by atoms with E-state index in [1.54, 1.807) is 19.1 Å².